The second-order valence-corrected chi connectivity index (χ2v) is 6.76. The van der Waals surface area contributed by atoms with Crippen LogP contribution in [0.4, 0.5) is 0 Å². The summed E-state index contributed by atoms with van der Waals surface area (Å²) in [4.78, 5) is 10.8. The zero-order valence-corrected chi connectivity index (χ0v) is 16.2. The molecule has 0 saturated carbocycles. The van der Waals surface area contributed by atoms with Crippen LogP contribution in [0.5, 0.6) is 5.75 Å². The highest BCUT2D eigenvalue weighted by molar-refractivity contribution is 5.66. The van der Waals surface area contributed by atoms with E-state index in [1.165, 1.54) is 0 Å². The predicted octanol–water partition coefficient (Wildman–Crippen LogP) is 3.94. The first-order valence-corrected chi connectivity index (χ1v) is 9.37. The largest absolute Gasteiger partial charge is 0.493 e. The first kappa shape index (κ1) is 20.5. The van der Waals surface area contributed by atoms with Gasteiger partial charge in [-0.2, -0.15) is 10.4 Å². The molecule has 0 atom stereocenters. The number of aryl methyl sites for hydroxylation is 2. The van der Waals surface area contributed by atoms with Crippen LogP contribution in [-0.2, 0) is 17.8 Å². The van der Waals surface area contributed by atoms with Crippen LogP contribution in [0.2, 0.25) is 0 Å². The highest BCUT2D eigenvalue weighted by Gasteiger charge is 2.12. The zero-order valence-electron chi connectivity index (χ0n) is 16.2. The Morgan fingerprint density at radius 2 is 2.07 bits per heavy atom. The van der Waals surface area contributed by atoms with Crippen molar-refractivity contribution >= 4 is 5.97 Å². The number of hydrogen-bond acceptors (Lipinski definition) is 4. The Kier molecular flexibility index (Phi) is 7.42. The molecule has 0 aliphatic carbocycles. The lowest BCUT2D eigenvalue weighted by Crippen LogP contribution is -2.12. The molecule has 0 bridgehead atoms. The number of ether oxygens (including phenoxy) is 1. The van der Waals surface area contributed by atoms with Crippen molar-refractivity contribution in [2.75, 3.05) is 6.61 Å². The van der Waals surface area contributed by atoms with E-state index < -0.39 is 5.97 Å². The first-order chi connectivity index (χ1) is 13.0. The monoisotopic (exact) mass is 369 g/mol. The van der Waals surface area contributed by atoms with E-state index in [2.05, 4.69) is 25.0 Å². The molecule has 6 heteroatoms. The fourth-order valence-corrected chi connectivity index (χ4v) is 2.90. The Labute approximate surface area is 160 Å². The maximum absolute atomic E-state index is 10.8. The van der Waals surface area contributed by atoms with E-state index >= 15 is 0 Å². The van der Waals surface area contributed by atoms with Crippen molar-refractivity contribution in [2.24, 2.45) is 5.92 Å². The molecule has 144 valence electrons. The topological polar surface area (TPSA) is 88.1 Å². The highest BCUT2D eigenvalue weighted by Crippen LogP contribution is 2.23. The molecule has 1 aromatic heterocycles. The molecule has 1 aromatic carbocycles. The number of carbonyl (C=O) groups is 1. The molecule has 2 rings (SSSR count). The Morgan fingerprint density at radius 3 is 2.70 bits per heavy atom. The molecule has 0 radical (unpaired) electrons. The lowest BCUT2D eigenvalue weighted by atomic mass is 10.1. The van der Waals surface area contributed by atoms with Gasteiger partial charge in [0, 0.05) is 17.7 Å². The molecule has 6 nitrogen and oxygen atoms in total. The molecule has 0 unspecified atom stereocenters. The van der Waals surface area contributed by atoms with Crippen molar-refractivity contribution in [2.45, 2.75) is 53.0 Å². The summed E-state index contributed by atoms with van der Waals surface area (Å²) in [6, 6.07) is 9.52. The number of carboxylic acid groups (broad SMARTS) is 1. The summed E-state index contributed by atoms with van der Waals surface area (Å²) >= 11 is 0. The van der Waals surface area contributed by atoms with Gasteiger partial charge >= 0.3 is 5.97 Å². The van der Waals surface area contributed by atoms with E-state index in [1.807, 2.05) is 29.8 Å². The van der Waals surface area contributed by atoms with E-state index in [4.69, 9.17) is 9.84 Å². The lowest BCUT2D eigenvalue weighted by Gasteiger charge is -2.17. The van der Waals surface area contributed by atoms with Gasteiger partial charge in [0.25, 0.3) is 0 Å². The molecular formula is C21H27N3O3. The minimum Gasteiger partial charge on any atom is -0.493 e. The van der Waals surface area contributed by atoms with Crippen LogP contribution in [0.3, 0.4) is 0 Å². The molecule has 1 N–H and O–H groups in total. The quantitative estimate of drug-likeness (QED) is 0.685. The van der Waals surface area contributed by atoms with Gasteiger partial charge in [-0.25, -0.2) is 0 Å². The second-order valence-electron chi connectivity index (χ2n) is 6.76. The average molecular weight is 369 g/mol. The van der Waals surface area contributed by atoms with Crippen molar-refractivity contribution < 1.29 is 14.6 Å². The second kappa shape index (κ2) is 9.77. The molecule has 27 heavy (non-hydrogen) atoms. The normalized spacial score (nSPS) is 10.8. The third kappa shape index (κ3) is 5.85. The van der Waals surface area contributed by atoms with Crippen LogP contribution >= 0.6 is 0 Å². The third-order valence-electron chi connectivity index (χ3n) is 4.77. The summed E-state index contributed by atoms with van der Waals surface area (Å²) in [5.41, 5.74) is 3.18. The molecule has 0 aliphatic rings. The number of aliphatic carboxylic acids is 1. The van der Waals surface area contributed by atoms with Gasteiger partial charge in [0.15, 0.2) is 0 Å². The van der Waals surface area contributed by atoms with E-state index in [-0.39, 0.29) is 6.42 Å². The van der Waals surface area contributed by atoms with Crippen LogP contribution in [0.15, 0.2) is 24.3 Å². The van der Waals surface area contributed by atoms with Crippen molar-refractivity contribution in [3.63, 3.8) is 0 Å². The van der Waals surface area contributed by atoms with Crippen molar-refractivity contribution in [1.29, 1.82) is 5.26 Å². The minimum atomic E-state index is -0.832. The van der Waals surface area contributed by atoms with E-state index in [1.54, 1.807) is 6.07 Å². The standard InChI is InChI=1S/C21H27N3O3/c1-4-16(5-2)14-27-20-8-6-17(12-22)11-18(20)13-24-15(3)10-19(23-24)7-9-21(25)26/h6,8,10-11,16H,4-5,7,9,13-14H2,1-3H3,(H,25,26). The minimum absolute atomic E-state index is 0.0597. The van der Waals surface area contributed by atoms with Gasteiger partial charge in [-0.3, -0.25) is 9.48 Å². The Balaban J connectivity index is 2.21. The molecule has 0 amide bonds. The average Bonchev–Trinajstić information content (AvgIpc) is 3.01. The van der Waals surface area contributed by atoms with Gasteiger partial charge in [0.2, 0.25) is 0 Å². The number of hydrogen-bond donors (Lipinski definition) is 1. The molecule has 0 fully saturated rings. The van der Waals surface area contributed by atoms with Crippen LogP contribution in [0.25, 0.3) is 0 Å². The Morgan fingerprint density at radius 1 is 1.33 bits per heavy atom. The van der Waals surface area contributed by atoms with Crippen molar-refractivity contribution in [3.05, 3.63) is 46.8 Å². The summed E-state index contributed by atoms with van der Waals surface area (Å²) in [6.45, 7) is 7.38. The number of rotatable bonds is 10. The number of nitrogens with zero attached hydrogens (tertiary/aromatic N) is 3. The molecular weight excluding hydrogens is 342 g/mol. The Bertz CT molecular complexity index is 817. The molecule has 2 aromatic rings. The van der Waals surface area contributed by atoms with Gasteiger partial charge in [-0.05, 0) is 37.1 Å². The Hall–Kier alpha value is -2.81. The summed E-state index contributed by atoms with van der Waals surface area (Å²) in [5, 5.41) is 22.6. The predicted molar refractivity (Wildman–Crippen MR) is 103 cm³/mol. The van der Waals surface area contributed by atoms with Gasteiger partial charge < -0.3 is 9.84 Å². The van der Waals surface area contributed by atoms with Crippen LogP contribution in [0.1, 0.15) is 55.6 Å². The molecule has 0 saturated heterocycles. The zero-order chi connectivity index (χ0) is 19.8. The highest BCUT2D eigenvalue weighted by atomic mass is 16.5. The smallest absolute Gasteiger partial charge is 0.303 e. The van der Waals surface area contributed by atoms with Crippen LogP contribution < -0.4 is 4.74 Å². The molecule has 0 aliphatic heterocycles. The molecule has 1 heterocycles. The summed E-state index contributed by atoms with van der Waals surface area (Å²) in [7, 11) is 0. The number of carboxylic acids is 1. The lowest BCUT2D eigenvalue weighted by molar-refractivity contribution is -0.136. The summed E-state index contributed by atoms with van der Waals surface area (Å²) in [5.74, 6) is 0.437. The summed E-state index contributed by atoms with van der Waals surface area (Å²) in [6.07, 6.45) is 2.59. The van der Waals surface area contributed by atoms with Gasteiger partial charge in [-0.15, -0.1) is 0 Å². The fourth-order valence-electron chi connectivity index (χ4n) is 2.90. The van der Waals surface area contributed by atoms with Crippen LogP contribution in [0, 0.1) is 24.2 Å². The first-order valence-electron chi connectivity index (χ1n) is 9.37. The number of benzene rings is 1. The van der Waals surface area contributed by atoms with E-state index in [9.17, 15) is 10.1 Å². The summed E-state index contributed by atoms with van der Waals surface area (Å²) < 4.78 is 7.88. The maximum atomic E-state index is 10.8. The van der Waals surface area contributed by atoms with Gasteiger partial charge in [0.05, 0.1) is 36.9 Å². The maximum Gasteiger partial charge on any atom is 0.303 e. The van der Waals surface area contributed by atoms with E-state index in [0.29, 0.717) is 31.1 Å². The third-order valence-corrected chi connectivity index (χ3v) is 4.77. The van der Waals surface area contributed by atoms with Crippen LogP contribution in [-0.4, -0.2) is 27.5 Å². The number of aromatic nitrogens is 2. The van der Waals surface area contributed by atoms with Gasteiger partial charge in [-0.1, -0.05) is 26.7 Å². The fraction of sp³-hybridized carbons (Fsp3) is 0.476. The van der Waals surface area contributed by atoms with Crippen molar-refractivity contribution in [1.82, 2.24) is 9.78 Å². The van der Waals surface area contributed by atoms with Crippen molar-refractivity contribution in [3.8, 4) is 11.8 Å². The number of nitriles is 1. The van der Waals surface area contributed by atoms with E-state index in [0.717, 1.165) is 35.5 Å². The van der Waals surface area contributed by atoms with Gasteiger partial charge in [0.1, 0.15) is 5.75 Å². The molecule has 0 spiro atoms. The SMILES string of the molecule is CCC(CC)COc1ccc(C#N)cc1Cn1nc(CCC(=O)O)cc1C.